The second-order valence-corrected chi connectivity index (χ2v) is 7.00. The SMILES string of the molecule is NC(=O)N(CCc1c[nH]c2ccc(F)cc12)C(=O)CCc1c[nH]c2ccccc12. The van der Waals surface area contributed by atoms with Crippen LogP contribution in [0, 0.1) is 5.82 Å². The van der Waals surface area contributed by atoms with Crippen molar-refractivity contribution >= 4 is 33.7 Å². The molecule has 0 saturated heterocycles. The van der Waals surface area contributed by atoms with Crippen molar-refractivity contribution in [3.8, 4) is 0 Å². The molecule has 4 aromatic rings. The smallest absolute Gasteiger partial charge is 0.321 e. The number of halogens is 1. The molecule has 6 nitrogen and oxygen atoms in total. The lowest BCUT2D eigenvalue weighted by atomic mass is 10.1. The van der Waals surface area contributed by atoms with Crippen molar-refractivity contribution in [1.82, 2.24) is 14.9 Å². The molecule has 0 fully saturated rings. The van der Waals surface area contributed by atoms with E-state index < -0.39 is 6.03 Å². The molecule has 0 aliphatic heterocycles. The maximum atomic E-state index is 13.5. The summed E-state index contributed by atoms with van der Waals surface area (Å²) >= 11 is 0. The number of aromatic amines is 2. The number of primary amides is 1. The van der Waals surface area contributed by atoms with Gasteiger partial charge in [-0.25, -0.2) is 9.18 Å². The number of H-pyrrole nitrogens is 2. The van der Waals surface area contributed by atoms with Crippen molar-refractivity contribution < 1.29 is 14.0 Å². The molecule has 0 saturated carbocycles. The fourth-order valence-corrected chi connectivity index (χ4v) is 3.66. The first-order valence-corrected chi connectivity index (χ1v) is 9.43. The number of para-hydroxylation sites is 1. The third-order valence-electron chi connectivity index (χ3n) is 5.18. The Hall–Kier alpha value is -3.61. The van der Waals surface area contributed by atoms with Crippen LogP contribution in [0.4, 0.5) is 9.18 Å². The van der Waals surface area contributed by atoms with Crippen LogP contribution in [0.25, 0.3) is 21.8 Å². The lowest BCUT2D eigenvalue weighted by molar-refractivity contribution is -0.128. The molecule has 148 valence electrons. The number of amides is 3. The topological polar surface area (TPSA) is 95.0 Å². The van der Waals surface area contributed by atoms with Crippen LogP contribution in [0.5, 0.6) is 0 Å². The summed E-state index contributed by atoms with van der Waals surface area (Å²) in [5, 5.41) is 1.80. The molecule has 2 heterocycles. The summed E-state index contributed by atoms with van der Waals surface area (Å²) in [5.74, 6) is -0.659. The Balaban J connectivity index is 1.43. The van der Waals surface area contributed by atoms with Crippen molar-refractivity contribution in [2.45, 2.75) is 19.3 Å². The van der Waals surface area contributed by atoms with Crippen LogP contribution in [0.15, 0.2) is 54.9 Å². The molecule has 4 N–H and O–H groups in total. The molecule has 0 radical (unpaired) electrons. The minimum Gasteiger partial charge on any atom is -0.361 e. The number of nitrogens with zero attached hydrogens (tertiary/aromatic N) is 1. The zero-order valence-electron chi connectivity index (χ0n) is 15.7. The van der Waals surface area contributed by atoms with E-state index in [1.807, 2.05) is 30.5 Å². The normalized spacial score (nSPS) is 11.2. The predicted octanol–water partition coefficient (Wildman–Crippen LogP) is 3.87. The summed E-state index contributed by atoms with van der Waals surface area (Å²) in [7, 11) is 0. The highest BCUT2D eigenvalue weighted by atomic mass is 19.1. The highest BCUT2D eigenvalue weighted by Gasteiger charge is 2.20. The summed E-state index contributed by atoms with van der Waals surface area (Å²) in [6.07, 6.45) is 4.72. The van der Waals surface area contributed by atoms with Crippen molar-refractivity contribution in [2.24, 2.45) is 5.73 Å². The zero-order chi connectivity index (χ0) is 20.4. The van der Waals surface area contributed by atoms with E-state index in [2.05, 4.69) is 9.97 Å². The number of carbonyl (C=O) groups is 2. The van der Waals surface area contributed by atoms with Gasteiger partial charge in [-0.3, -0.25) is 9.69 Å². The molecule has 3 amide bonds. The van der Waals surface area contributed by atoms with E-state index in [1.165, 1.54) is 12.1 Å². The van der Waals surface area contributed by atoms with Crippen LogP contribution in [0.3, 0.4) is 0 Å². The fraction of sp³-hybridized carbons (Fsp3) is 0.182. The third-order valence-corrected chi connectivity index (χ3v) is 5.18. The number of rotatable bonds is 6. The van der Waals surface area contributed by atoms with E-state index in [0.717, 1.165) is 37.8 Å². The zero-order valence-corrected chi connectivity index (χ0v) is 15.7. The number of benzene rings is 2. The van der Waals surface area contributed by atoms with Gasteiger partial charge in [-0.2, -0.15) is 0 Å². The van der Waals surface area contributed by atoms with Gasteiger partial charge in [-0.15, -0.1) is 0 Å². The van der Waals surface area contributed by atoms with Gasteiger partial charge >= 0.3 is 6.03 Å². The first kappa shape index (κ1) is 18.7. The Morgan fingerprint density at radius 1 is 0.931 bits per heavy atom. The summed E-state index contributed by atoms with van der Waals surface area (Å²) in [6, 6.07) is 11.6. The molecule has 4 rings (SSSR count). The molecule has 0 aliphatic carbocycles. The van der Waals surface area contributed by atoms with Gasteiger partial charge in [0.05, 0.1) is 0 Å². The fourth-order valence-electron chi connectivity index (χ4n) is 3.66. The number of nitrogens with two attached hydrogens (primary N) is 1. The van der Waals surface area contributed by atoms with E-state index >= 15 is 0 Å². The second kappa shape index (κ2) is 7.79. The van der Waals surface area contributed by atoms with Crippen molar-refractivity contribution in [3.63, 3.8) is 0 Å². The van der Waals surface area contributed by atoms with E-state index in [1.54, 1.807) is 12.3 Å². The molecule has 0 spiro atoms. The summed E-state index contributed by atoms with van der Waals surface area (Å²) < 4.78 is 13.5. The predicted molar refractivity (Wildman–Crippen MR) is 110 cm³/mol. The maximum Gasteiger partial charge on any atom is 0.321 e. The van der Waals surface area contributed by atoms with E-state index in [0.29, 0.717) is 12.8 Å². The first-order valence-electron chi connectivity index (χ1n) is 9.43. The lowest BCUT2D eigenvalue weighted by Crippen LogP contribution is -2.42. The highest BCUT2D eigenvalue weighted by molar-refractivity contribution is 5.94. The largest absolute Gasteiger partial charge is 0.361 e. The number of aromatic nitrogens is 2. The van der Waals surface area contributed by atoms with Gasteiger partial charge in [0.25, 0.3) is 0 Å². The van der Waals surface area contributed by atoms with E-state index in [4.69, 9.17) is 5.73 Å². The molecule has 0 bridgehead atoms. The molecular formula is C22H21FN4O2. The van der Waals surface area contributed by atoms with Crippen molar-refractivity contribution in [3.05, 3.63) is 71.8 Å². The molecule has 0 aliphatic rings. The van der Waals surface area contributed by atoms with Crippen LogP contribution in [-0.2, 0) is 17.6 Å². The van der Waals surface area contributed by atoms with Crippen LogP contribution in [0.2, 0.25) is 0 Å². The molecule has 29 heavy (non-hydrogen) atoms. The number of fused-ring (bicyclic) bond motifs is 2. The number of carbonyl (C=O) groups excluding carboxylic acids is 2. The number of imide groups is 1. The molecular weight excluding hydrogens is 371 g/mol. The number of urea groups is 1. The molecule has 7 heteroatoms. The quantitative estimate of drug-likeness (QED) is 0.464. The standard InChI is InChI=1S/C22H21FN4O2/c23-16-6-7-20-18(11-16)15(13-26-20)9-10-27(22(24)29)21(28)8-5-14-12-25-19-4-2-1-3-17(14)19/h1-4,6-7,11-13,25-26H,5,8-10H2,(H2,24,29). The monoisotopic (exact) mass is 392 g/mol. The second-order valence-electron chi connectivity index (χ2n) is 7.00. The molecule has 0 atom stereocenters. The van der Waals surface area contributed by atoms with Gasteiger partial charge in [-0.05, 0) is 48.2 Å². The average molecular weight is 392 g/mol. The highest BCUT2D eigenvalue weighted by Crippen LogP contribution is 2.21. The lowest BCUT2D eigenvalue weighted by Gasteiger charge is -2.18. The summed E-state index contributed by atoms with van der Waals surface area (Å²) in [6.45, 7) is 0.144. The van der Waals surface area contributed by atoms with Gasteiger partial charge in [-0.1, -0.05) is 18.2 Å². The van der Waals surface area contributed by atoms with E-state index in [9.17, 15) is 14.0 Å². The van der Waals surface area contributed by atoms with Gasteiger partial charge in [0.15, 0.2) is 0 Å². The Labute approximate surface area is 166 Å². The van der Waals surface area contributed by atoms with Gasteiger partial charge < -0.3 is 15.7 Å². The molecule has 2 aromatic carbocycles. The molecule has 2 aromatic heterocycles. The van der Waals surface area contributed by atoms with Crippen molar-refractivity contribution in [2.75, 3.05) is 6.54 Å². The Bertz CT molecular complexity index is 1190. The van der Waals surface area contributed by atoms with E-state index in [-0.39, 0.29) is 24.7 Å². The number of nitrogens with one attached hydrogen (secondary N) is 2. The van der Waals surface area contributed by atoms with Gasteiger partial charge in [0, 0.05) is 47.2 Å². The van der Waals surface area contributed by atoms with Crippen LogP contribution < -0.4 is 5.73 Å². The van der Waals surface area contributed by atoms with Crippen LogP contribution in [0.1, 0.15) is 17.5 Å². The van der Waals surface area contributed by atoms with Crippen molar-refractivity contribution in [1.29, 1.82) is 0 Å². The maximum absolute atomic E-state index is 13.5. The Kier molecular flexibility index (Phi) is 5.03. The van der Waals surface area contributed by atoms with Gasteiger partial charge in [0.1, 0.15) is 5.82 Å². The number of hydrogen-bond acceptors (Lipinski definition) is 2. The Morgan fingerprint density at radius 2 is 1.62 bits per heavy atom. The Morgan fingerprint density at radius 3 is 2.38 bits per heavy atom. The molecule has 0 unspecified atom stereocenters. The van der Waals surface area contributed by atoms with Crippen LogP contribution in [-0.4, -0.2) is 33.4 Å². The van der Waals surface area contributed by atoms with Crippen LogP contribution >= 0.6 is 0 Å². The number of hydrogen-bond donors (Lipinski definition) is 3. The third kappa shape index (κ3) is 3.85. The summed E-state index contributed by atoms with van der Waals surface area (Å²) in [4.78, 5) is 31.8. The van der Waals surface area contributed by atoms with Gasteiger partial charge in [0.2, 0.25) is 5.91 Å². The minimum absolute atomic E-state index is 0.144. The number of aryl methyl sites for hydroxylation is 1. The first-order chi connectivity index (χ1) is 14.0. The minimum atomic E-state index is -0.778. The average Bonchev–Trinajstić information content (AvgIpc) is 3.30. The summed E-state index contributed by atoms with van der Waals surface area (Å²) in [5.41, 5.74) is 9.10.